The molecule has 1 unspecified atom stereocenters. The molecule has 160 valence electrons. The number of nitrogens with two attached hydrogens (primary N) is 1. The van der Waals surface area contributed by atoms with E-state index < -0.39 is 5.91 Å². The molecular weight excluding hydrogens is 412 g/mol. The third-order valence-corrected chi connectivity index (χ3v) is 5.95. The highest BCUT2D eigenvalue weighted by molar-refractivity contribution is 7.10. The fourth-order valence-corrected chi connectivity index (χ4v) is 4.34. The average molecular weight is 437 g/mol. The highest BCUT2D eigenvalue weighted by Crippen LogP contribution is 2.28. The monoisotopic (exact) mass is 436 g/mol. The third kappa shape index (κ3) is 5.00. The first kappa shape index (κ1) is 20.8. The van der Waals surface area contributed by atoms with Crippen LogP contribution in [0.25, 0.3) is 0 Å². The molecule has 8 nitrogen and oxygen atoms in total. The van der Waals surface area contributed by atoms with Crippen LogP contribution in [-0.4, -0.2) is 40.3 Å². The lowest BCUT2D eigenvalue weighted by Crippen LogP contribution is -2.47. The minimum atomic E-state index is -0.595. The molecule has 4 N–H and O–H groups in total. The molecule has 1 aliphatic rings. The van der Waals surface area contributed by atoms with E-state index in [9.17, 15) is 9.59 Å². The largest absolute Gasteiger partial charge is 0.368 e. The summed E-state index contributed by atoms with van der Waals surface area (Å²) in [5.41, 5.74) is 8.66. The minimum Gasteiger partial charge on any atom is -0.368 e. The second-order valence-corrected chi connectivity index (χ2v) is 8.34. The zero-order chi connectivity index (χ0) is 21.8. The van der Waals surface area contributed by atoms with E-state index in [4.69, 9.17) is 5.73 Å². The van der Waals surface area contributed by atoms with Gasteiger partial charge in [0.2, 0.25) is 0 Å². The number of aryl methyl sites for hydroxylation is 1. The number of pyridine rings is 1. The number of anilines is 3. The molecule has 9 heteroatoms. The van der Waals surface area contributed by atoms with Gasteiger partial charge in [-0.25, -0.2) is 4.98 Å². The molecule has 3 aromatic rings. The molecule has 0 aliphatic carbocycles. The van der Waals surface area contributed by atoms with Crippen molar-refractivity contribution >= 4 is 39.7 Å². The SMILES string of the molecule is Cc1cc(Nc2cc(N3CCCC(NC(=O)c4ccccc4)C3)cnc2C(N)=O)sn1. The molecule has 31 heavy (non-hydrogen) atoms. The van der Waals surface area contributed by atoms with Crippen LogP contribution in [0.4, 0.5) is 16.4 Å². The number of piperidine rings is 1. The van der Waals surface area contributed by atoms with Gasteiger partial charge in [0.1, 0.15) is 5.00 Å². The zero-order valence-electron chi connectivity index (χ0n) is 17.2. The summed E-state index contributed by atoms with van der Waals surface area (Å²) in [7, 11) is 0. The standard InChI is InChI=1S/C22H24N6O2S/c1-14-10-19(31-27-14)26-18-11-17(12-24-20(18)21(23)29)28-9-5-8-16(13-28)25-22(30)15-6-3-2-4-7-15/h2-4,6-7,10-12,16,26H,5,8-9,13H2,1H3,(H2,23,29)(H,25,30). The van der Waals surface area contributed by atoms with Crippen molar-refractivity contribution in [2.24, 2.45) is 5.73 Å². The van der Waals surface area contributed by atoms with Crippen molar-refractivity contribution in [3.8, 4) is 0 Å². The number of nitrogens with one attached hydrogen (secondary N) is 2. The molecule has 1 aromatic carbocycles. The molecular formula is C22H24N6O2S. The quantitative estimate of drug-likeness (QED) is 0.547. The van der Waals surface area contributed by atoms with Crippen molar-refractivity contribution in [2.75, 3.05) is 23.3 Å². The van der Waals surface area contributed by atoms with E-state index in [0.29, 0.717) is 17.8 Å². The van der Waals surface area contributed by atoms with Crippen LogP contribution in [0.1, 0.15) is 39.4 Å². The molecule has 0 spiro atoms. The summed E-state index contributed by atoms with van der Waals surface area (Å²) in [5.74, 6) is -0.667. The predicted molar refractivity (Wildman–Crippen MR) is 122 cm³/mol. The van der Waals surface area contributed by atoms with Crippen molar-refractivity contribution in [1.82, 2.24) is 14.7 Å². The maximum Gasteiger partial charge on any atom is 0.269 e. The second-order valence-electron chi connectivity index (χ2n) is 7.54. The number of hydrogen-bond acceptors (Lipinski definition) is 7. The zero-order valence-corrected chi connectivity index (χ0v) is 18.0. The molecule has 2 aromatic heterocycles. The highest BCUT2D eigenvalue weighted by atomic mass is 32.1. The summed E-state index contributed by atoms with van der Waals surface area (Å²) in [5, 5.41) is 7.15. The smallest absolute Gasteiger partial charge is 0.269 e. The van der Waals surface area contributed by atoms with E-state index in [0.717, 1.165) is 35.8 Å². The maximum absolute atomic E-state index is 12.5. The van der Waals surface area contributed by atoms with Gasteiger partial charge in [-0.1, -0.05) is 18.2 Å². The van der Waals surface area contributed by atoms with Crippen molar-refractivity contribution in [3.05, 3.63) is 65.6 Å². The Balaban J connectivity index is 1.50. The summed E-state index contributed by atoms with van der Waals surface area (Å²) in [4.78, 5) is 30.9. The Morgan fingerprint density at radius 2 is 2.03 bits per heavy atom. The first-order valence-electron chi connectivity index (χ1n) is 10.1. The Labute approximate surface area is 184 Å². The van der Waals surface area contributed by atoms with Crippen LogP contribution in [0.5, 0.6) is 0 Å². The summed E-state index contributed by atoms with van der Waals surface area (Å²) in [6.07, 6.45) is 3.51. The van der Waals surface area contributed by atoms with Gasteiger partial charge in [-0.3, -0.25) is 9.59 Å². The van der Waals surface area contributed by atoms with Crippen molar-refractivity contribution in [3.63, 3.8) is 0 Å². The fourth-order valence-electron chi connectivity index (χ4n) is 3.66. The normalized spacial score (nSPS) is 16.0. The van der Waals surface area contributed by atoms with Gasteiger partial charge in [0, 0.05) is 24.7 Å². The molecule has 1 fully saturated rings. The third-order valence-electron chi connectivity index (χ3n) is 5.15. The van der Waals surface area contributed by atoms with Gasteiger partial charge in [-0.05, 0) is 55.6 Å². The van der Waals surface area contributed by atoms with Crippen LogP contribution in [0.3, 0.4) is 0 Å². The van der Waals surface area contributed by atoms with Crippen molar-refractivity contribution < 1.29 is 9.59 Å². The summed E-state index contributed by atoms with van der Waals surface area (Å²) < 4.78 is 4.25. The van der Waals surface area contributed by atoms with Gasteiger partial charge >= 0.3 is 0 Å². The molecule has 4 rings (SSSR count). The minimum absolute atomic E-state index is 0.0258. The van der Waals surface area contributed by atoms with Crippen LogP contribution in [0.15, 0.2) is 48.7 Å². The fraction of sp³-hybridized carbons (Fsp3) is 0.273. The van der Waals surface area contributed by atoms with Gasteiger partial charge in [0.05, 0.1) is 23.3 Å². The van der Waals surface area contributed by atoms with E-state index in [-0.39, 0.29) is 17.6 Å². The van der Waals surface area contributed by atoms with Gasteiger partial charge < -0.3 is 21.3 Å². The average Bonchev–Trinajstić information content (AvgIpc) is 3.19. The number of amides is 2. The van der Waals surface area contributed by atoms with Crippen LogP contribution >= 0.6 is 11.5 Å². The molecule has 2 amide bonds. The molecule has 1 saturated heterocycles. The Bertz CT molecular complexity index is 1080. The number of benzene rings is 1. The molecule has 3 heterocycles. The summed E-state index contributed by atoms with van der Waals surface area (Å²) >= 11 is 1.31. The highest BCUT2D eigenvalue weighted by Gasteiger charge is 2.23. The van der Waals surface area contributed by atoms with Crippen LogP contribution in [0, 0.1) is 6.92 Å². The molecule has 1 aliphatic heterocycles. The van der Waals surface area contributed by atoms with Gasteiger partial charge in [0.25, 0.3) is 11.8 Å². The maximum atomic E-state index is 12.5. The first-order chi connectivity index (χ1) is 15.0. The van der Waals surface area contributed by atoms with Crippen LogP contribution < -0.4 is 21.3 Å². The number of carbonyl (C=O) groups excluding carboxylic acids is 2. The van der Waals surface area contributed by atoms with E-state index in [1.54, 1.807) is 6.20 Å². The molecule has 1 atom stereocenters. The topological polar surface area (TPSA) is 113 Å². The summed E-state index contributed by atoms with van der Waals surface area (Å²) in [6.45, 7) is 3.41. The second kappa shape index (κ2) is 9.13. The van der Waals surface area contributed by atoms with E-state index in [1.807, 2.05) is 49.4 Å². The number of rotatable bonds is 6. The van der Waals surface area contributed by atoms with E-state index in [1.165, 1.54) is 11.5 Å². The Morgan fingerprint density at radius 1 is 1.23 bits per heavy atom. The lowest BCUT2D eigenvalue weighted by molar-refractivity contribution is 0.0932. The predicted octanol–water partition coefficient (Wildman–Crippen LogP) is 3.09. The molecule has 0 saturated carbocycles. The first-order valence-corrected chi connectivity index (χ1v) is 10.9. The van der Waals surface area contributed by atoms with Crippen molar-refractivity contribution in [2.45, 2.75) is 25.8 Å². The van der Waals surface area contributed by atoms with E-state index in [2.05, 4.69) is 24.9 Å². The summed E-state index contributed by atoms with van der Waals surface area (Å²) in [6, 6.07) is 13.0. The molecule has 0 bridgehead atoms. The van der Waals surface area contributed by atoms with Gasteiger partial charge in [-0.15, -0.1) is 0 Å². The lowest BCUT2D eigenvalue weighted by atomic mass is 10.0. The Morgan fingerprint density at radius 3 is 2.74 bits per heavy atom. The number of nitrogens with zero attached hydrogens (tertiary/aromatic N) is 3. The van der Waals surface area contributed by atoms with Gasteiger partial charge in [0.15, 0.2) is 5.69 Å². The van der Waals surface area contributed by atoms with Crippen molar-refractivity contribution in [1.29, 1.82) is 0 Å². The van der Waals surface area contributed by atoms with E-state index >= 15 is 0 Å². The number of hydrogen-bond donors (Lipinski definition) is 3. The number of carbonyl (C=O) groups is 2. The number of aromatic nitrogens is 2. The molecule has 0 radical (unpaired) electrons. The Kier molecular flexibility index (Phi) is 6.13. The van der Waals surface area contributed by atoms with Crippen LogP contribution in [0.2, 0.25) is 0 Å². The lowest BCUT2D eigenvalue weighted by Gasteiger charge is -2.35. The van der Waals surface area contributed by atoms with Gasteiger partial charge in [-0.2, -0.15) is 4.37 Å². The Hall–Kier alpha value is -3.46. The number of primary amides is 1. The van der Waals surface area contributed by atoms with Crippen LogP contribution in [-0.2, 0) is 0 Å².